The minimum Gasteiger partial charge on any atom is -0.447 e. The summed E-state index contributed by atoms with van der Waals surface area (Å²) in [5.74, 6) is 0.0359. The third-order valence-electron chi connectivity index (χ3n) is 5.92. The van der Waals surface area contributed by atoms with E-state index >= 15 is 0 Å². The van der Waals surface area contributed by atoms with Gasteiger partial charge in [-0.3, -0.25) is 9.48 Å². The molecule has 7 nitrogen and oxygen atoms in total. The summed E-state index contributed by atoms with van der Waals surface area (Å²) in [7, 11) is 0. The third kappa shape index (κ3) is 3.44. The second-order valence-electron chi connectivity index (χ2n) is 7.97. The number of alkyl carbamates (subject to hydrolysis) is 1. The Bertz CT molecular complexity index is 1130. The lowest BCUT2D eigenvalue weighted by Gasteiger charge is -2.37. The lowest BCUT2D eigenvalue weighted by Crippen LogP contribution is -2.53. The van der Waals surface area contributed by atoms with Crippen LogP contribution in [0, 0.1) is 6.92 Å². The Morgan fingerprint density at radius 1 is 1.30 bits per heavy atom. The Hall–Kier alpha value is -2.58. The number of thiophene rings is 1. The smallest absolute Gasteiger partial charge is 0.407 e. The van der Waals surface area contributed by atoms with Gasteiger partial charge in [-0.05, 0) is 43.5 Å². The first kappa shape index (κ1) is 19.4. The SMILES string of the molecule is Cc1nn(Cc2ccc(Cl)cc2)c2sc(C(=O)N3CCC4(CC3)COC(=O)N4)cc12. The zero-order valence-electron chi connectivity index (χ0n) is 16.5. The van der Waals surface area contributed by atoms with Crippen LogP contribution in [0.4, 0.5) is 4.79 Å². The lowest BCUT2D eigenvalue weighted by molar-refractivity contribution is 0.0648. The molecule has 0 bridgehead atoms. The number of ether oxygens (including phenoxy) is 1. The highest BCUT2D eigenvalue weighted by Crippen LogP contribution is 2.32. The van der Waals surface area contributed by atoms with Gasteiger partial charge in [0.25, 0.3) is 5.91 Å². The molecule has 0 unspecified atom stereocenters. The number of piperidine rings is 1. The normalized spacial score (nSPS) is 18.1. The van der Waals surface area contributed by atoms with Crippen LogP contribution in [0.3, 0.4) is 0 Å². The molecule has 5 rings (SSSR count). The summed E-state index contributed by atoms with van der Waals surface area (Å²) in [6, 6.07) is 9.66. The van der Waals surface area contributed by atoms with E-state index in [1.807, 2.05) is 46.8 Å². The number of hydrogen-bond acceptors (Lipinski definition) is 5. The minimum atomic E-state index is -0.361. The highest BCUT2D eigenvalue weighted by atomic mass is 35.5. The molecule has 4 heterocycles. The van der Waals surface area contributed by atoms with Crippen LogP contribution in [0.15, 0.2) is 30.3 Å². The maximum absolute atomic E-state index is 13.1. The molecule has 30 heavy (non-hydrogen) atoms. The van der Waals surface area contributed by atoms with Gasteiger partial charge in [0.1, 0.15) is 11.4 Å². The van der Waals surface area contributed by atoms with Gasteiger partial charge in [0, 0.05) is 23.5 Å². The van der Waals surface area contributed by atoms with E-state index in [0.29, 0.717) is 44.1 Å². The molecular formula is C21H21ClN4O3S. The highest BCUT2D eigenvalue weighted by molar-refractivity contribution is 7.20. The molecule has 2 aromatic heterocycles. The van der Waals surface area contributed by atoms with Crippen molar-refractivity contribution in [2.75, 3.05) is 19.7 Å². The molecule has 3 aromatic rings. The summed E-state index contributed by atoms with van der Waals surface area (Å²) < 4.78 is 7.02. The summed E-state index contributed by atoms with van der Waals surface area (Å²) in [5.41, 5.74) is 1.70. The van der Waals surface area contributed by atoms with Gasteiger partial charge in [0.05, 0.1) is 22.7 Å². The fourth-order valence-electron chi connectivity index (χ4n) is 4.14. The van der Waals surface area contributed by atoms with Crippen molar-refractivity contribution in [1.82, 2.24) is 20.0 Å². The molecule has 0 atom stereocenters. The fourth-order valence-corrected chi connectivity index (χ4v) is 5.40. The molecule has 1 N–H and O–H groups in total. The number of fused-ring (bicyclic) bond motifs is 1. The van der Waals surface area contributed by atoms with Gasteiger partial charge in [0.15, 0.2) is 0 Å². The molecule has 2 fully saturated rings. The maximum atomic E-state index is 13.1. The summed E-state index contributed by atoms with van der Waals surface area (Å²) in [6.45, 7) is 4.19. The van der Waals surface area contributed by atoms with Crippen molar-refractivity contribution in [1.29, 1.82) is 0 Å². The van der Waals surface area contributed by atoms with E-state index in [0.717, 1.165) is 26.4 Å². The number of nitrogens with one attached hydrogen (secondary N) is 1. The van der Waals surface area contributed by atoms with E-state index in [1.165, 1.54) is 11.3 Å². The molecule has 2 saturated heterocycles. The molecular weight excluding hydrogens is 424 g/mol. The number of likely N-dealkylation sites (tertiary alicyclic amines) is 1. The summed E-state index contributed by atoms with van der Waals surface area (Å²) in [5, 5.41) is 9.28. The van der Waals surface area contributed by atoms with Gasteiger partial charge >= 0.3 is 6.09 Å². The first-order chi connectivity index (χ1) is 14.4. The Balaban J connectivity index is 1.34. The highest BCUT2D eigenvalue weighted by Gasteiger charge is 2.43. The predicted molar refractivity (Wildman–Crippen MR) is 115 cm³/mol. The van der Waals surface area contributed by atoms with E-state index < -0.39 is 0 Å². The number of aromatic nitrogens is 2. The van der Waals surface area contributed by atoms with Crippen molar-refractivity contribution in [3.63, 3.8) is 0 Å². The van der Waals surface area contributed by atoms with Crippen molar-refractivity contribution in [3.05, 3.63) is 51.5 Å². The Morgan fingerprint density at radius 2 is 2.03 bits per heavy atom. The van der Waals surface area contributed by atoms with E-state index in [-0.39, 0.29) is 17.5 Å². The fraction of sp³-hybridized carbons (Fsp3) is 0.381. The number of halogens is 1. The molecule has 0 radical (unpaired) electrons. The number of carbonyl (C=O) groups excluding carboxylic acids is 2. The molecule has 1 aromatic carbocycles. The lowest BCUT2D eigenvalue weighted by atomic mass is 9.89. The van der Waals surface area contributed by atoms with Crippen molar-refractivity contribution >= 4 is 45.2 Å². The first-order valence-electron chi connectivity index (χ1n) is 9.88. The van der Waals surface area contributed by atoms with Gasteiger partial charge in [-0.2, -0.15) is 5.10 Å². The number of rotatable bonds is 3. The topological polar surface area (TPSA) is 76.5 Å². The van der Waals surface area contributed by atoms with E-state index in [1.54, 1.807) is 0 Å². The zero-order valence-corrected chi connectivity index (χ0v) is 18.1. The third-order valence-corrected chi connectivity index (χ3v) is 7.31. The monoisotopic (exact) mass is 444 g/mol. The summed E-state index contributed by atoms with van der Waals surface area (Å²) >= 11 is 7.46. The molecule has 0 saturated carbocycles. The second-order valence-corrected chi connectivity index (χ2v) is 9.44. The number of amides is 2. The number of aryl methyl sites for hydroxylation is 1. The van der Waals surface area contributed by atoms with Gasteiger partial charge in [-0.25, -0.2) is 4.79 Å². The first-order valence-corrected chi connectivity index (χ1v) is 11.1. The van der Waals surface area contributed by atoms with E-state index in [2.05, 4.69) is 10.4 Å². The Kier molecular flexibility index (Phi) is 4.71. The van der Waals surface area contributed by atoms with Crippen LogP contribution in [0.2, 0.25) is 5.02 Å². The predicted octanol–water partition coefficient (Wildman–Crippen LogP) is 3.82. The average Bonchev–Trinajstić information content (AvgIpc) is 3.40. The molecule has 0 aliphatic carbocycles. The number of carbonyl (C=O) groups is 2. The van der Waals surface area contributed by atoms with Crippen LogP contribution >= 0.6 is 22.9 Å². The molecule has 2 amide bonds. The van der Waals surface area contributed by atoms with Crippen LogP contribution in [-0.4, -0.2) is 51.9 Å². The number of hydrogen-bond donors (Lipinski definition) is 1. The number of nitrogens with zero attached hydrogens (tertiary/aromatic N) is 3. The molecule has 9 heteroatoms. The number of benzene rings is 1. The second kappa shape index (κ2) is 7.28. The molecule has 2 aliphatic heterocycles. The van der Waals surface area contributed by atoms with Gasteiger partial charge in [0.2, 0.25) is 0 Å². The van der Waals surface area contributed by atoms with Crippen LogP contribution in [0.25, 0.3) is 10.2 Å². The van der Waals surface area contributed by atoms with Gasteiger partial charge < -0.3 is 15.0 Å². The zero-order chi connectivity index (χ0) is 20.9. The number of cyclic esters (lactones) is 1. The van der Waals surface area contributed by atoms with Crippen molar-refractivity contribution in [3.8, 4) is 0 Å². The minimum absolute atomic E-state index is 0.0359. The summed E-state index contributed by atoms with van der Waals surface area (Å²) in [6.07, 6.45) is 1.05. The van der Waals surface area contributed by atoms with Gasteiger partial charge in [-0.1, -0.05) is 23.7 Å². The van der Waals surface area contributed by atoms with Crippen molar-refractivity contribution in [2.24, 2.45) is 0 Å². The average molecular weight is 445 g/mol. The van der Waals surface area contributed by atoms with E-state index in [4.69, 9.17) is 16.3 Å². The largest absolute Gasteiger partial charge is 0.447 e. The van der Waals surface area contributed by atoms with Crippen LogP contribution < -0.4 is 5.32 Å². The van der Waals surface area contributed by atoms with E-state index in [9.17, 15) is 9.59 Å². The van der Waals surface area contributed by atoms with Crippen LogP contribution in [-0.2, 0) is 11.3 Å². The summed E-state index contributed by atoms with van der Waals surface area (Å²) in [4.78, 5) is 28.1. The van der Waals surface area contributed by atoms with Crippen LogP contribution in [0.5, 0.6) is 0 Å². The molecule has 2 aliphatic rings. The van der Waals surface area contributed by atoms with Crippen molar-refractivity contribution in [2.45, 2.75) is 31.8 Å². The standard InChI is InChI=1S/C21H21ClN4O3S/c1-13-16-10-17(18(27)25-8-6-21(7-9-25)12-29-20(28)23-21)30-19(16)26(24-13)11-14-2-4-15(22)5-3-14/h2-5,10H,6-9,11-12H2,1H3,(H,23,28). The van der Waals surface area contributed by atoms with Crippen molar-refractivity contribution < 1.29 is 14.3 Å². The Morgan fingerprint density at radius 3 is 2.70 bits per heavy atom. The Labute approximate surface area is 182 Å². The molecule has 156 valence electrons. The van der Waals surface area contributed by atoms with Crippen LogP contribution in [0.1, 0.15) is 33.8 Å². The maximum Gasteiger partial charge on any atom is 0.407 e. The van der Waals surface area contributed by atoms with Gasteiger partial charge in [-0.15, -0.1) is 11.3 Å². The molecule has 1 spiro atoms. The quantitative estimate of drug-likeness (QED) is 0.666.